The number of Topliss-reactive ketones (excluding diaryl/α,β-unsaturated/α-hetero) is 2. The first-order chi connectivity index (χ1) is 56.3. The number of alkyl halides is 6. The van der Waals surface area contributed by atoms with E-state index in [4.69, 9.17) is 23.0 Å². The molecule has 0 aliphatic heterocycles. The number of carbonyl (C=O) groups is 4. The Morgan fingerprint density at radius 1 is 0.284 bits per heavy atom. The van der Waals surface area contributed by atoms with Crippen molar-refractivity contribution in [3.8, 4) is 5.75 Å². The van der Waals surface area contributed by atoms with Gasteiger partial charge in [-0.2, -0.15) is 0 Å². The summed E-state index contributed by atoms with van der Waals surface area (Å²) >= 11 is 0. The molecule has 0 bridgehead atoms. The van der Waals surface area contributed by atoms with Crippen molar-refractivity contribution >= 4 is 76.3 Å². The van der Waals surface area contributed by atoms with Gasteiger partial charge >= 0.3 is 509 Å². The van der Waals surface area contributed by atoms with Crippen LogP contribution in [0.15, 0.2) is 249 Å². The van der Waals surface area contributed by atoms with Gasteiger partial charge in [0.2, 0.25) is 0 Å². The van der Waals surface area contributed by atoms with Gasteiger partial charge in [0.25, 0.3) is 0 Å². The van der Waals surface area contributed by atoms with Crippen LogP contribution in [0.1, 0.15) is 272 Å². The summed E-state index contributed by atoms with van der Waals surface area (Å²) in [6.07, 6.45) is 26.6. The molecule has 9 nitrogen and oxygen atoms in total. The predicted molar refractivity (Wildman–Crippen MR) is 466 cm³/mol. The number of hydrogen-bond acceptors (Lipinski definition) is 9. The van der Waals surface area contributed by atoms with E-state index in [1.807, 2.05) is 0 Å². The topological polar surface area (TPSA) is 114 Å². The zero-order valence-electron chi connectivity index (χ0n) is 68.0. The zero-order valence-corrected chi connectivity index (χ0v) is 69.8. The Bertz CT molecular complexity index is 3900. The Morgan fingerprint density at radius 3 is 0.724 bits per heavy atom. The molecule has 0 aromatic heterocycles. The monoisotopic (exact) mass is 1630 g/mol. The number of benzene rings is 9. The number of rotatable bonds is 54. The van der Waals surface area contributed by atoms with Gasteiger partial charge in [0.05, 0.1) is 0 Å². The molecule has 0 heterocycles. The summed E-state index contributed by atoms with van der Waals surface area (Å²) in [4.78, 5) is 60.3. The van der Waals surface area contributed by atoms with Crippen molar-refractivity contribution in [1.29, 1.82) is 0 Å². The Morgan fingerprint density at radius 2 is 0.500 bits per heavy atom. The second-order valence-corrected chi connectivity index (χ2v) is 40.0. The van der Waals surface area contributed by atoms with Crippen LogP contribution in [-0.2, 0) is 30.7 Å². The third-order valence-corrected chi connectivity index (χ3v) is 33.9. The van der Waals surface area contributed by atoms with Crippen LogP contribution in [0.5, 0.6) is 5.75 Å². The SMILES string of the molecule is CCCCCCCCCCCCCCCCCCOC(=O)c1ccc(C(=O)CP(OB(Oc2cc(C(F)(F)F)cc(C(F)(F)F)c2)OP(CC(=O)c2ccc(C(=O)OCCCCCCCCCCCCCCCCCC)cc2)(c2ccccc2)(c2ccccc2)c2ccccc2)(c2ccccc2)(c2ccccc2)c2ccccc2)cc1. The molecule has 9 aromatic rings. The van der Waals surface area contributed by atoms with Crippen molar-refractivity contribution in [1.82, 2.24) is 0 Å². The third kappa shape index (κ3) is 25.3. The van der Waals surface area contributed by atoms with Crippen molar-refractivity contribution in [2.75, 3.05) is 25.5 Å². The average Bonchev–Trinajstić information content (AvgIpc) is 0.685. The zero-order chi connectivity index (χ0) is 82.3. The molecule has 0 saturated heterocycles. The maximum atomic E-state index is 16.4. The van der Waals surface area contributed by atoms with Crippen LogP contribution >= 0.6 is 13.7 Å². The molecular formula is C98H119BF6O9P2. The van der Waals surface area contributed by atoms with Crippen LogP contribution in [0.2, 0.25) is 0 Å². The van der Waals surface area contributed by atoms with Gasteiger partial charge in [-0.1, -0.05) is 181 Å². The summed E-state index contributed by atoms with van der Waals surface area (Å²) in [7, 11) is -2.50. The van der Waals surface area contributed by atoms with Gasteiger partial charge < -0.3 is 0 Å². The van der Waals surface area contributed by atoms with E-state index in [1.165, 1.54) is 203 Å². The van der Waals surface area contributed by atoms with E-state index in [1.54, 1.807) is 182 Å². The molecule has 116 heavy (non-hydrogen) atoms. The molecule has 0 aliphatic rings. The quantitative estimate of drug-likeness (QED) is 0.00918. The van der Waals surface area contributed by atoms with Gasteiger partial charge in [0.15, 0.2) is 0 Å². The minimum absolute atomic E-state index is 0.00329. The molecule has 0 fully saturated rings. The van der Waals surface area contributed by atoms with Gasteiger partial charge in [0.1, 0.15) is 0 Å². The van der Waals surface area contributed by atoms with E-state index in [0.29, 0.717) is 56.8 Å². The summed E-state index contributed by atoms with van der Waals surface area (Å²) in [6.45, 7) is -6.14. The Labute approximate surface area is 686 Å². The van der Waals surface area contributed by atoms with Gasteiger partial charge in [-0.3, -0.25) is 0 Å². The summed E-state index contributed by atoms with van der Waals surface area (Å²) in [5.41, 5.74) is -2.79. The minimum atomic E-state index is -5.53. The van der Waals surface area contributed by atoms with Gasteiger partial charge in [-0.15, -0.1) is 0 Å². The number of unbranched alkanes of at least 4 members (excludes halogenated alkanes) is 30. The number of halogens is 6. The number of carbonyl (C=O) groups excluding carboxylic acids is 4. The molecule has 0 saturated carbocycles. The van der Waals surface area contributed by atoms with Gasteiger partial charge in [0, 0.05) is 0 Å². The molecule has 620 valence electrons. The van der Waals surface area contributed by atoms with Crippen LogP contribution in [0.25, 0.3) is 0 Å². The predicted octanol–water partition coefficient (Wildman–Crippen LogP) is 25.6. The fourth-order valence-electron chi connectivity index (χ4n) is 16.0. The molecule has 9 rings (SSSR count). The number of ether oxygens (including phenoxy) is 2. The molecule has 0 radical (unpaired) electrons. The fraction of sp³-hybridized carbons (Fsp3) is 0.408. The molecule has 0 spiro atoms. The summed E-state index contributed by atoms with van der Waals surface area (Å²) in [5, 5.41) is 2.14. The van der Waals surface area contributed by atoms with Crippen LogP contribution in [0.3, 0.4) is 0 Å². The van der Waals surface area contributed by atoms with E-state index in [0.717, 1.165) is 38.5 Å². The van der Waals surface area contributed by atoms with Crippen molar-refractivity contribution in [3.05, 3.63) is 282 Å². The van der Waals surface area contributed by atoms with Crippen molar-refractivity contribution in [2.45, 2.75) is 232 Å². The van der Waals surface area contributed by atoms with E-state index < -0.39 is 86.0 Å². The van der Waals surface area contributed by atoms with Crippen LogP contribution in [-0.4, -0.2) is 56.4 Å². The molecule has 18 heteroatoms. The summed E-state index contributed by atoms with van der Waals surface area (Å²) in [6, 6.07) is 65.4. The molecule has 0 amide bonds. The Kier molecular flexibility index (Phi) is 36.7. The van der Waals surface area contributed by atoms with E-state index >= 15 is 35.9 Å². The maximum absolute atomic E-state index is 16.4. The van der Waals surface area contributed by atoms with Crippen LogP contribution in [0.4, 0.5) is 26.3 Å². The molecule has 0 atom stereocenters. The first-order valence-electron chi connectivity index (χ1n) is 42.6. The van der Waals surface area contributed by atoms with Gasteiger partial charge in [-0.05, 0) is 0 Å². The normalized spacial score (nSPS) is 12.6. The molecule has 0 unspecified atom stereocenters. The van der Waals surface area contributed by atoms with E-state index in [2.05, 4.69) is 13.8 Å². The van der Waals surface area contributed by atoms with Crippen LogP contribution < -0.4 is 36.5 Å². The Hall–Kier alpha value is -8.52. The molecular weight excluding hydrogens is 1510 g/mol. The number of esters is 2. The van der Waals surface area contributed by atoms with Crippen molar-refractivity contribution in [2.24, 2.45) is 0 Å². The van der Waals surface area contributed by atoms with Crippen molar-refractivity contribution < 1.29 is 68.5 Å². The van der Waals surface area contributed by atoms with Gasteiger partial charge in [-0.25, -0.2) is 0 Å². The second kappa shape index (κ2) is 46.6. The summed E-state index contributed by atoms with van der Waals surface area (Å²) in [5.74, 6) is -3.25. The molecule has 0 aliphatic carbocycles. The third-order valence-electron chi connectivity index (χ3n) is 22.5. The first-order valence-corrected chi connectivity index (χ1v) is 47.3. The number of hydrogen-bond donors (Lipinski definition) is 0. The van der Waals surface area contributed by atoms with E-state index in [-0.39, 0.29) is 41.5 Å². The fourth-order valence-corrected chi connectivity index (χ4v) is 27.0. The molecule has 0 N–H and O–H groups in total. The average molecular weight is 1630 g/mol. The molecule has 9 aromatic carbocycles. The second-order valence-electron chi connectivity index (χ2n) is 31.0. The standard InChI is InChI=1S/C98H119BF6O9P2/c1-3-5-7-9-11-13-15-17-19-21-23-25-27-29-31-51-73-110-95(108)82-69-65-80(66-70-82)93(106)78-115(87-53-39-33-40-54-87,88-55-41-34-42-56-88,89-57-43-35-44-58-89)113-99(112-86-76-84(97(100,101)102)75-85(77-86)98(103,104)105)114-116(90-59-45-36-46-60-90,91-61-47-37-48-62-91,92-63-49-38-50-64-92)79-94(107)81-67-71-83(72-68-81)96(109)111-74-52-32-30-28-26-24-22-20-18-16-14-12-10-8-6-4-2/h33-50,53-72,75-77H,3-32,51-52,73-74,78-79H2,1-2H3. The van der Waals surface area contributed by atoms with Crippen LogP contribution in [0, 0.1) is 0 Å². The number of ketones is 2. The van der Waals surface area contributed by atoms with Crippen molar-refractivity contribution in [3.63, 3.8) is 0 Å². The first kappa shape index (κ1) is 91.4. The van der Waals surface area contributed by atoms with E-state index in [9.17, 15) is 9.59 Å². The summed E-state index contributed by atoms with van der Waals surface area (Å²) < 4.78 is 127. The Balaban J connectivity index is 1.07.